The van der Waals surface area contributed by atoms with Crippen LogP contribution >= 0.6 is 11.8 Å². The zero-order valence-electron chi connectivity index (χ0n) is 17.4. The molecule has 4 aromatic rings. The van der Waals surface area contributed by atoms with E-state index in [0.29, 0.717) is 17.7 Å². The molecule has 0 bridgehead atoms. The summed E-state index contributed by atoms with van der Waals surface area (Å²) in [5.74, 6) is -0.0611. The van der Waals surface area contributed by atoms with E-state index in [0.717, 1.165) is 33.1 Å². The van der Waals surface area contributed by atoms with E-state index in [1.165, 1.54) is 0 Å². The van der Waals surface area contributed by atoms with Crippen molar-refractivity contribution in [2.24, 2.45) is 0 Å². The summed E-state index contributed by atoms with van der Waals surface area (Å²) in [6.45, 7) is 0.411. The quantitative estimate of drug-likeness (QED) is 0.294. The van der Waals surface area contributed by atoms with Gasteiger partial charge in [0.1, 0.15) is 0 Å². The second-order valence-corrected chi connectivity index (χ2v) is 8.05. The topological polar surface area (TPSA) is 96.1 Å². The first-order valence-corrected chi connectivity index (χ1v) is 11.0. The summed E-state index contributed by atoms with van der Waals surface area (Å²) in [5.41, 5.74) is 9.68. The third kappa shape index (κ3) is 5.35. The van der Waals surface area contributed by atoms with Crippen molar-refractivity contribution < 1.29 is 14.3 Å². The minimum atomic E-state index is -0.393. The number of hydrogen-bond donors (Lipinski definition) is 3. The maximum Gasteiger partial charge on any atom is 0.269 e. The molecule has 0 saturated carbocycles. The van der Waals surface area contributed by atoms with Gasteiger partial charge in [-0.15, -0.1) is 0 Å². The number of imidazole rings is 1. The lowest BCUT2D eigenvalue weighted by Gasteiger charge is -2.09. The number of rotatable bonds is 7. The van der Waals surface area contributed by atoms with E-state index in [9.17, 15) is 9.59 Å². The Hall–Kier alpha value is -3.62. The number of methoxy groups -OCH3 is 1. The highest BCUT2D eigenvalue weighted by Gasteiger charge is 2.10. The Labute approximate surface area is 189 Å². The predicted octanol–water partition coefficient (Wildman–Crippen LogP) is 4.08. The summed E-state index contributed by atoms with van der Waals surface area (Å²) in [4.78, 5) is 32.5. The van der Waals surface area contributed by atoms with Crippen LogP contribution in [0.2, 0.25) is 0 Å². The van der Waals surface area contributed by atoms with Crippen molar-refractivity contribution in [1.29, 1.82) is 0 Å². The van der Waals surface area contributed by atoms with Gasteiger partial charge in [0, 0.05) is 24.0 Å². The number of aromatic nitrogens is 2. The second kappa shape index (κ2) is 10.1. The van der Waals surface area contributed by atoms with E-state index in [1.807, 2.05) is 42.5 Å². The number of nitrogens with zero attached hydrogens (tertiary/aromatic N) is 1. The van der Waals surface area contributed by atoms with Gasteiger partial charge < -0.3 is 9.72 Å². The van der Waals surface area contributed by atoms with Crippen molar-refractivity contribution in [3.8, 4) is 0 Å². The molecule has 0 saturated heterocycles. The maximum absolute atomic E-state index is 12.4. The van der Waals surface area contributed by atoms with Gasteiger partial charge in [-0.05, 0) is 47.5 Å². The first-order valence-electron chi connectivity index (χ1n) is 9.97. The van der Waals surface area contributed by atoms with Crippen LogP contribution in [0.3, 0.4) is 0 Å². The van der Waals surface area contributed by atoms with E-state index >= 15 is 0 Å². The van der Waals surface area contributed by atoms with Crippen LogP contribution in [0.4, 0.5) is 0 Å². The Kier molecular flexibility index (Phi) is 6.84. The number of carbonyl (C=O) groups is 2. The SMILES string of the molecule is COCc1cccc(C(=O)NNC(=O)c2ccc(CSc3nc4ccccc4[nH]3)cc2)c1. The number of hydrogen-bond acceptors (Lipinski definition) is 5. The van der Waals surface area contributed by atoms with Crippen molar-refractivity contribution in [2.75, 3.05) is 7.11 Å². The van der Waals surface area contributed by atoms with Crippen LogP contribution in [-0.4, -0.2) is 28.9 Å². The van der Waals surface area contributed by atoms with Gasteiger partial charge in [-0.3, -0.25) is 20.4 Å². The maximum atomic E-state index is 12.4. The van der Waals surface area contributed by atoms with Crippen LogP contribution < -0.4 is 10.9 Å². The van der Waals surface area contributed by atoms with Gasteiger partial charge in [0.15, 0.2) is 5.16 Å². The van der Waals surface area contributed by atoms with Crippen LogP contribution in [-0.2, 0) is 17.1 Å². The molecule has 1 heterocycles. The van der Waals surface area contributed by atoms with Gasteiger partial charge >= 0.3 is 0 Å². The molecule has 0 aliphatic heterocycles. The number of carbonyl (C=O) groups excluding carboxylic acids is 2. The number of amides is 2. The molecular weight excluding hydrogens is 424 g/mol. The highest BCUT2D eigenvalue weighted by molar-refractivity contribution is 7.98. The van der Waals surface area contributed by atoms with Gasteiger partial charge in [-0.25, -0.2) is 4.98 Å². The minimum Gasteiger partial charge on any atom is -0.380 e. The summed E-state index contributed by atoms with van der Waals surface area (Å²) in [7, 11) is 1.59. The van der Waals surface area contributed by atoms with Crippen LogP contribution in [0.15, 0.2) is 78.0 Å². The molecule has 7 nitrogen and oxygen atoms in total. The molecule has 0 radical (unpaired) electrons. The largest absolute Gasteiger partial charge is 0.380 e. The molecule has 0 atom stereocenters. The third-order valence-corrected chi connectivity index (χ3v) is 5.69. The molecule has 162 valence electrons. The van der Waals surface area contributed by atoms with Gasteiger partial charge in [0.05, 0.1) is 17.6 Å². The molecular formula is C24H22N4O3S. The normalized spacial score (nSPS) is 10.8. The van der Waals surface area contributed by atoms with Crippen LogP contribution in [0.1, 0.15) is 31.8 Å². The molecule has 0 aliphatic carbocycles. The fourth-order valence-corrected chi connectivity index (χ4v) is 3.97. The number of aromatic amines is 1. The number of para-hydroxylation sites is 2. The van der Waals surface area contributed by atoms with E-state index in [-0.39, 0.29) is 5.91 Å². The summed E-state index contributed by atoms with van der Waals surface area (Å²) in [6.07, 6.45) is 0. The van der Waals surface area contributed by atoms with Gasteiger partial charge in [0.2, 0.25) is 0 Å². The Morgan fingerprint density at radius 2 is 1.66 bits per heavy atom. The molecule has 0 fully saturated rings. The van der Waals surface area contributed by atoms with E-state index < -0.39 is 5.91 Å². The molecule has 3 aromatic carbocycles. The van der Waals surface area contributed by atoms with Crippen molar-refractivity contribution >= 4 is 34.6 Å². The monoisotopic (exact) mass is 446 g/mol. The Balaban J connectivity index is 1.29. The van der Waals surface area contributed by atoms with Crippen LogP contribution in [0.5, 0.6) is 0 Å². The molecule has 2 amide bonds. The summed E-state index contributed by atoms with van der Waals surface area (Å²) < 4.78 is 5.08. The van der Waals surface area contributed by atoms with Gasteiger partial charge in [-0.2, -0.15) is 0 Å². The third-order valence-electron chi connectivity index (χ3n) is 4.75. The number of thioether (sulfide) groups is 1. The van der Waals surface area contributed by atoms with Crippen molar-refractivity contribution in [3.05, 3.63) is 95.1 Å². The van der Waals surface area contributed by atoms with Crippen LogP contribution in [0.25, 0.3) is 11.0 Å². The van der Waals surface area contributed by atoms with E-state index in [4.69, 9.17) is 4.74 Å². The van der Waals surface area contributed by atoms with E-state index in [2.05, 4.69) is 20.8 Å². The minimum absolute atomic E-state index is 0.386. The van der Waals surface area contributed by atoms with Crippen molar-refractivity contribution in [1.82, 2.24) is 20.8 Å². The first-order chi connectivity index (χ1) is 15.6. The van der Waals surface area contributed by atoms with Crippen molar-refractivity contribution in [2.45, 2.75) is 17.5 Å². The number of H-pyrrole nitrogens is 1. The fraction of sp³-hybridized carbons (Fsp3) is 0.125. The van der Waals surface area contributed by atoms with Crippen molar-refractivity contribution in [3.63, 3.8) is 0 Å². The molecule has 0 unspecified atom stereocenters. The second-order valence-electron chi connectivity index (χ2n) is 7.09. The molecule has 8 heteroatoms. The number of benzene rings is 3. The lowest BCUT2D eigenvalue weighted by molar-refractivity contribution is 0.0846. The fourth-order valence-electron chi connectivity index (χ4n) is 3.13. The van der Waals surface area contributed by atoms with Gasteiger partial charge in [-0.1, -0.05) is 48.2 Å². The Morgan fingerprint density at radius 3 is 2.41 bits per heavy atom. The average molecular weight is 447 g/mol. The molecule has 0 spiro atoms. The van der Waals surface area contributed by atoms with Gasteiger partial charge in [0.25, 0.3) is 11.8 Å². The lowest BCUT2D eigenvalue weighted by atomic mass is 10.1. The highest BCUT2D eigenvalue weighted by atomic mass is 32.2. The smallest absolute Gasteiger partial charge is 0.269 e. The number of nitrogens with one attached hydrogen (secondary N) is 3. The molecule has 1 aromatic heterocycles. The predicted molar refractivity (Wildman–Crippen MR) is 124 cm³/mol. The number of ether oxygens (including phenoxy) is 1. The Bertz CT molecular complexity index is 1200. The lowest BCUT2D eigenvalue weighted by Crippen LogP contribution is -2.41. The zero-order valence-corrected chi connectivity index (χ0v) is 18.2. The molecule has 0 aliphatic rings. The molecule has 32 heavy (non-hydrogen) atoms. The Morgan fingerprint density at radius 1 is 0.906 bits per heavy atom. The number of fused-ring (bicyclic) bond motifs is 1. The summed E-state index contributed by atoms with van der Waals surface area (Å²) >= 11 is 1.60. The first kappa shape index (κ1) is 21.6. The highest BCUT2D eigenvalue weighted by Crippen LogP contribution is 2.23. The zero-order chi connectivity index (χ0) is 22.3. The number of hydrazine groups is 1. The van der Waals surface area contributed by atoms with Crippen LogP contribution in [0, 0.1) is 0 Å². The summed E-state index contributed by atoms with van der Waals surface area (Å²) in [5, 5.41) is 0.852. The van der Waals surface area contributed by atoms with E-state index in [1.54, 1.807) is 49.2 Å². The summed E-state index contributed by atoms with van der Waals surface area (Å²) in [6, 6.07) is 22.2. The molecule has 3 N–H and O–H groups in total. The molecule has 4 rings (SSSR count). The average Bonchev–Trinajstić information content (AvgIpc) is 3.25. The standard InChI is InChI=1S/C24H22N4O3S/c1-31-14-17-5-4-6-19(13-17)23(30)28-27-22(29)18-11-9-16(10-12-18)15-32-24-25-20-7-2-3-8-21(20)26-24/h2-13H,14-15H2,1H3,(H,25,26)(H,27,29)(H,28,30).